The monoisotopic (exact) mass is 434 g/mol. The Kier molecular flexibility index (Phi) is 7.12. The van der Waals surface area contributed by atoms with Crippen molar-refractivity contribution in [3.05, 3.63) is 88.6 Å². The molecule has 0 bridgehead atoms. The van der Waals surface area contributed by atoms with Gasteiger partial charge >= 0.3 is 0 Å². The minimum Gasteiger partial charge on any atom is -0.391 e. The maximum absolute atomic E-state index is 14.3. The van der Waals surface area contributed by atoms with Crippen molar-refractivity contribution >= 4 is 5.82 Å². The number of nitrogens with zero attached hydrogens (tertiary/aromatic N) is 4. The number of aryl methyl sites for hydroxylation is 2. The van der Waals surface area contributed by atoms with Crippen LogP contribution in [-0.4, -0.2) is 58.8 Å². The third-order valence-electron chi connectivity index (χ3n) is 6.08. The molecule has 0 unspecified atom stereocenters. The summed E-state index contributed by atoms with van der Waals surface area (Å²) in [6.45, 7) is 7.88. The zero-order valence-electron chi connectivity index (χ0n) is 18.8. The Morgan fingerprint density at radius 3 is 2.34 bits per heavy atom. The average Bonchev–Trinajstić information content (AvgIpc) is 2.78. The first-order chi connectivity index (χ1) is 15.5. The smallest absolute Gasteiger partial charge is 0.136 e. The van der Waals surface area contributed by atoms with Crippen LogP contribution in [0.1, 0.15) is 28.2 Å². The van der Waals surface area contributed by atoms with Crippen molar-refractivity contribution in [3.63, 3.8) is 0 Å². The number of β-amino-alcohol motifs (C(OH)–C–C–N with tert-alkyl or cyclic N) is 1. The summed E-state index contributed by atoms with van der Waals surface area (Å²) in [5.41, 5.74) is 3.70. The number of anilines is 1. The van der Waals surface area contributed by atoms with Gasteiger partial charge in [-0.3, -0.25) is 4.90 Å². The number of piperazine rings is 1. The Morgan fingerprint density at radius 1 is 0.938 bits per heavy atom. The van der Waals surface area contributed by atoms with Crippen LogP contribution in [0.25, 0.3) is 0 Å². The van der Waals surface area contributed by atoms with E-state index >= 15 is 0 Å². The number of halogens is 1. The zero-order valence-corrected chi connectivity index (χ0v) is 18.8. The molecule has 3 aromatic rings. The van der Waals surface area contributed by atoms with Crippen LogP contribution in [0.5, 0.6) is 0 Å². The van der Waals surface area contributed by atoms with Crippen molar-refractivity contribution in [2.45, 2.75) is 32.8 Å². The lowest BCUT2D eigenvalue weighted by Gasteiger charge is -2.37. The SMILES string of the molecule is Cc1nc(C)c(Cc2ccccc2F)c(N2CCN(C[C@H](O)Cc3ccccc3)CC2)n1. The molecule has 1 aliphatic heterocycles. The molecule has 1 aromatic heterocycles. The van der Waals surface area contributed by atoms with E-state index in [2.05, 4.69) is 26.9 Å². The van der Waals surface area contributed by atoms with Gasteiger partial charge in [0.2, 0.25) is 0 Å². The molecule has 1 aliphatic rings. The van der Waals surface area contributed by atoms with E-state index in [9.17, 15) is 9.50 Å². The molecule has 0 saturated carbocycles. The highest BCUT2D eigenvalue weighted by Gasteiger charge is 2.24. The van der Waals surface area contributed by atoms with E-state index in [-0.39, 0.29) is 11.9 Å². The summed E-state index contributed by atoms with van der Waals surface area (Å²) in [7, 11) is 0. The number of hydrogen-bond donors (Lipinski definition) is 1. The van der Waals surface area contributed by atoms with Crippen LogP contribution < -0.4 is 4.90 Å². The lowest BCUT2D eigenvalue weighted by Crippen LogP contribution is -2.49. The van der Waals surface area contributed by atoms with Gasteiger partial charge in [0.05, 0.1) is 6.10 Å². The second kappa shape index (κ2) is 10.2. The molecule has 1 fully saturated rings. The Labute approximate surface area is 189 Å². The molecular formula is C26H31FN4O. The Bertz CT molecular complexity index is 1040. The molecule has 6 heteroatoms. The largest absolute Gasteiger partial charge is 0.391 e. The van der Waals surface area contributed by atoms with Gasteiger partial charge in [-0.25, -0.2) is 14.4 Å². The van der Waals surface area contributed by atoms with Crippen LogP contribution in [0.2, 0.25) is 0 Å². The van der Waals surface area contributed by atoms with Crippen molar-refractivity contribution in [1.29, 1.82) is 0 Å². The molecule has 32 heavy (non-hydrogen) atoms. The second-order valence-corrected chi connectivity index (χ2v) is 8.56. The van der Waals surface area contributed by atoms with E-state index in [1.54, 1.807) is 6.07 Å². The van der Waals surface area contributed by atoms with Crippen molar-refractivity contribution in [1.82, 2.24) is 14.9 Å². The first kappa shape index (κ1) is 22.4. The quantitative estimate of drug-likeness (QED) is 0.616. The van der Waals surface area contributed by atoms with Crippen LogP contribution >= 0.6 is 0 Å². The van der Waals surface area contributed by atoms with Crippen molar-refractivity contribution in [2.75, 3.05) is 37.6 Å². The topological polar surface area (TPSA) is 52.5 Å². The molecular weight excluding hydrogens is 403 g/mol. The fourth-order valence-corrected chi connectivity index (χ4v) is 4.41. The summed E-state index contributed by atoms with van der Waals surface area (Å²) in [4.78, 5) is 13.9. The van der Waals surface area contributed by atoms with Gasteiger partial charge < -0.3 is 10.0 Å². The first-order valence-corrected chi connectivity index (χ1v) is 11.3. The first-order valence-electron chi connectivity index (χ1n) is 11.3. The van der Waals surface area contributed by atoms with Crippen LogP contribution in [0, 0.1) is 19.7 Å². The summed E-state index contributed by atoms with van der Waals surface area (Å²) >= 11 is 0. The molecule has 1 N–H and O–H groups in total. The van der Waals surface area contributed by atoms with Crippen molar-refractivity contribution in [2.24, 2.45) is 0 Å². The van der Waals surface area contributed by atoms with E-state index in [0.29, 0.717) is 24.9 Å². The molecule has 5 nitrogen and oxygen atoms in total. The van der Waals surface area contributed by atoms with E-state index in [1.165, 1.54) is 6.07 Å². The van der Waals surface area contributed by atoms with Crippen LogP contribution in [0.3, 0.4) is 0 Å². The van der Waals surface area contributed by atoms with E-state index in [1.807, 2.05) is 44.2 Å². The normalized spacial score (nSPS) is 15.7. The molecule has 4 rings (SSSR count). The standard InChI is InChI=1S/C26H31FN4O/c1-19-24(17-22-10-6-7-11-25(22)27)26(29-20(2)28-19)31-14-12-30(13-15-31)18-23(32)16-21-8-4-3-5-9-21/h3-11,23,32H,12-18H2,1-2H3/t23-/m1/s1. The summed E-state index contributed by atoms with van der Waals surface area (Å²) in [5, 5.41) is 10.5. The molecule has 0 radical (unpaired) electrons. The third kappa shape index (κ3) is 5.50. The van der Waals surface area contributed by atoms with E-state index in [4.69, 9.17) is 4.98 Å². The Morgan fingerprint density at radius 2 is 1.62 bits per heavy atom. The summed E-state index contributed by atoms with van der Waals surface area (Å²) in [6, 6.07) is 17.0. The molecule has 0 amide bonds. The second-order valence-electron chi connectivity index (χ2n) is 8.56. The van der Waals surface area contributed by atoms with Crippen molar-refractivity contribution < 1.29 is 9.50 Å². The predicted octanol–water partition coefficient (Wildman–Crippen LogP) is 3.55. The molecule has 2 heterocycles. The highest BCUT2D eigenvalue weighted by atomic mass is 19.1. The zero-order chi connectivity index (χ0) is 22.5. The van der Waals surface area contributed by atoms with Gasteiger partial charge in [0.25, 0.3) is 0 Å². The number of hydrogen-bond acceptors (Lipinski definition) is 5. The predicted molar refractivity (Wildman–Crippen MR) is 126 cm³/mol. The molecule has 0 aliphatic carbocycles. The molecule has 2 aromatic carbocycles. The maximum atomic E-state index is 14.3. The Hall–Kier alpha value is -2.83. The Balaban J connectivity index is 1.42. The number of aliphatic hydroxyl groups is 1. The van der Waals surface area contributed by atoms with Gasteiger partial charge in [-0.15, -0.1) is 0 Å². The highest BCUT2D eigenvalue weighted by Crippen LogP contribution is 2.26. The minimum atomic E-state index is -0.385. The van der Waals surface area contributed by atoms with Gasteiger partial charge in [-0.1, -0.05) is 48.5 Å². The molecule has 1 saturated heterocycles. The number of rotatable bonds is 7. The third-order valence-corrected chi connectivity index (χ3v) is 6.08. The summed E-state index contributed by atoms with van der Waals surface area (Å²) < 4.78 is 14.3. The van der Waals surface area contributed by atoms with Gasteiger partial charge in [-0.05, 0) is 37.5 Å². The fourth-order valence-electron chi connectivity index (χ4n) is 4.41. The molecule has 1 atom stereocenters. The number of benzene rings is 2. The lowest BCUT2D eigenvalue weighted by atomic mass is 10.0. The van der Waals surface area contributed by atoms with E-state index < -0.39 is 0 Å². The van der Waals surface area contributed by atoms with Crippen LogP contribution in [0.4, 0.5) is 10.2 Å². The van der Waals surface area contributed by atoms with Crippen LogP contribution in [0.15, 0.2) is 54.6 Å². The van der Waals surface area contributed by atoms with Gasteiger partial charge in [0.15, 0.2) is 0 Å². The molecule has 0 spiro atoms. The minimum absolute atomic E-state index is 0.198. The summed E-state index contributed by atoms with van der Waals surface area (Å²) in [5.74, 6) is 1.44. The highest BCUT2D eigenvalue weighted by molar-refractivity contribution is 5.51. The number of aliphatic hydroxyl groups excluding tert-OH is 1. The van der Waals surface area contributed by atoms with Crippen LogP contribution in [-0.2, 0) is 12.8 Å². The van der Waals surface area contributed by atoms with E-state index in [0.717, 1.165) is 54.6 Å². The lowest BCUT2D eigenvalue weighted by molar-refractivity contribution is 0.109. The average molecular weight is 435 g/mol. The van der Waals surface area contributed by atoms with Gasteiger partial charge in [0, 0.05) is 50.4 Å². The van der Waals surface area contributed by atoms with Gasteiger partial charge in [0.1, 0.15) is 17.5 Å². The fraction of sp³-hybridized carbons (Fsp3) is 0.385. The van der Waals surface area contributed by atoms with Crippen molar-refractivity contribution in [3.8, 4) is 0 Å². The summed E-state index contributed by atoms with van der Waals surface area (Å²) in [6.07, 6.45) is 0.756. The number of aromatic nitrogens is 2. The maximum Gasteiger partial charge on any atom is 0.136 e. The molecule has 168 valence electrons. The van der Waals surface area contributed by atoms with Gasteiger partial charge in [-0.2, -0.15) is 0 Å².